The van der Waals surface area contributed by atoms with Crippen LogP contribution in [0.3, 0.4) is 0 Å². The highest BCUT2D eigenvalue weighted by molar-refractivity contribution is 7.20. The van der Waals surface area contributed by atoms with E-state index in [0.717, 1.165) is 134 Å². The average Bonchev–Trinajstić information content (AvgIpc) is 1.23. The summed E-state index contributed by atoms with van der Waals surface area (Å²) in [5, 5.41) is 6.51. The van der Waals surface area contributed by atoms with E-state index in [1.165, 1.54) is 43.0 Å². The largest absolute Gasteiger partial charge is 0.310 e. The number of nitrogens with zero attached hydrogens (tertiary/aromatic N) is 3. The Kier molecular flexibility index (Phi) is 17.1. The summed E-state index contributed by atoms with van der Waals surface area (Å²) in [7, 11) is -2.96. The van der Waals surface area contributed by atoms with Gasteiger partial charge < -0.3 is 14.4 Å². The molecule has 0 radical (unpaired) electrons. The fraction of sp³-hybridized carbons (Fsp3) is 0.158. The molecule has 19 rings (SSSR count). The zero-order valence-electron chi connectivity index (χ0n) is 76.1. The predicted octanol–water partition coefficient (Wildman–Crippen LogP) is 26.1. The topological polar surface area (TPSA) is 11.4 Å². The quantitative estimate of drug-likeness (QED) is 0.0842. The van der Waals surface area contributed by atoms with Crippen molar-refractivity contribution in [2.24, 2.45) is 0 Å². The minimum absolute atomic E-state index is 0.173. The van der Waals surface area contributed by atoms with Crippen LogP contribution in [-0.2, 0) is 21.7 Å². The van der Waals surface area contributed by atoms with E-state index in [-0.39, 0.29) is 32.8 Å². The third-order valence-corrected chi connectivity index (χ3v) is 29.9. The van der Waals surface area contributed by atoms with Crippen molar-refractivity contribution in [1.82, 2.24) is 4.57 Å². The van der Waals surface area contributed by atoms with E-state index in [2.05, 4.69) is 425 Å². The molecule has 17 aromatic rings. The summed E-state index contributed by atoms with van der Waals surface area (Å²) in [6.45, 7) is 22.6. The third kappa shape index (κ3) is 13.4. The molecule has 1 aromatic heterocycles. The minimum Gasteiger partial charge on any atom is -0.310 e. The number of aryl methyl sites for hydroxylation is 2. The van der Waals surface area contributed by atoms with Gasteiger partial charge in [-0.3, -0.25) is 0 Å². The standard InChI is InChI=1S/C114H102BN3Si/c1-75-50-60-102-98(62-75)99-63-76(2)51-61-103(99)116(102)89-55-59-101-105(74-89)118(110-96(80-40-26-17-27-41-80)72-88(114(12,13)14)73-97(110)81-42-28-18-29-43-81)107-68-84(83-64-85(111(3,4)5)69-86(65-83)112(6,7)8)67-106-108(107)115(101)100-58-54-82(77-52-56-93(57-53-77)119(90-44-30-19-31-45-90,91-46-32-20-33-47-91)92-48-34-21-35-49-92)66-104(100)117(106)109-94(78-36-22-15-23-37-78)70-87(113(9,10)11)71-95(109)79-38-24-16-25-39-79/h15-74H,1-14H3/i1D3,2D3. The lowest BCUT2D eigenvalue weighted by molar-refractivity contribution is 0.569. The normalized spacial score (nSPS) is 13.9. The van der Waals surface area contributed by atoms with Gasteiger partial charge in [-0.2, -0.15) is 0 Å². The van der Waals surface area contributed by atoms with Gasteiger partial charge in [-0.1, -0.05) is 379 Å². The van der Waals surface area contributed by atoms with Crippen LogP contribution in [0.25, 0.3) is 94.3 Å². The van der Waals surface area contributed by atoms with Crippen molar-refractivity contribution in [2.45, 2.75) is 118 Å². The molecule has 0 saturated heterocycles. The molecule has 0 amide bonds. The lowest BCUT2D eigenvalue weighted by Gasteiger charge is -2.46. The number of rotatable bonds is 13. The van der Waals surface area contributed by atoms with E-state index in [9.17, 15) is 0 Å². The highest BCUT2D eigenvalue weighted by Gasteiger charge is 2.47. The summed E-state index contributed by atoms with van der Waals surface area (Å²) < 4.78 is 54.9. The van der Waals surface area contributed by atoms with Gasteiger partial charge in [0, 0.05) is 69.7 Å². The van der Waals surface area contributed by atoms with Gasteiger partial charge in [0.2, 0.25) is 0 Å². The molecular formula is C114H102BN3Si. The molecule has 16 aromatic carbocycles. The van der Waals surface area contributed by atoms with Crippen molar-refractivity contribution in [1.29, 1.82) is 0 Å². The van der Waals surface area contributed by atoms with E-state index in [4.69, 9.17) is 8.22 Å². The van der Waals surface area contributed by atoms with E-state index in [1.54, 1.807) is 24.3 Å². The molecule has 0 fully saturated rings. The number of aromatic nitrogens is 1. The van der Waals surface area contributed by atoms with Crippen LogP contribution in [0.4, 0.5) is 34.1 Å². The van der Waals surface area contributed by atoms with Crippen molar-refractivity contribution in [3.8, 4) is 72.4 Å². The smallest absolute Gasteiger partial charge is 0.252 e. The first-order valence-corrected chi connectivity index (χ1v) is 44.0. The molecular weight excluding hydrogens is 1450 g/mol. The molecule has 2 aliphatic rings. The first-order valence-electron chi connectivity index (χ1n) is 45.0. The van der Waals surface area contributed by atoms with Gasteiger partial charge >= 0.3 is 0 Å². The first-order chi connectivity index (χ1) is 59.8. The van der Waals surface area contributed by atoms with Crippen LogP contribution in [0.2, 0.25) is 0 Å². The van der Waals surface area contributed by atoms with E-state index in [1.807, 2.05) is 12.1 Å². The maximum Gasteiger partial charge on any atom is 0.252 e. The Morgan fingerprint density at radius 2 is 0.580 bits per heavy atom. The second-order valence-electron chi connectivity index (χ2n) is 36.9. The Morgan fingerprint density at radius 3 is 0.950 bits per heavy atom. The Balaban J connectivity index is 0.995. The molecule has 580 valence electrons. The van der Waals surface area contributed by atoms with Gasteiger partial charge in [-0.15, -0.1) is 0 Å². The summed E-state index contributed by atoms with van der Waals surface area (Å²) in [6, 6.07) is 134. The van der Waals surface area contributed by atoms with Crippen molar-refractivity contribution < 1.29 is 8.22 Å². The average molecular weight is 1560 g/mol. The van der Waals surface area contributed by atoms with Crippen LogP contribution in [-0.4, -0.2) is 19.4 Å². The van der Waals surface area contributed by atoms with Gasteiger partial charge in [0.15, 0.2) is 8.07 Å². The summed E-state index contributed by atoms with van der Waals surface area (Å²) in [6.07, 6.45) is 0. The molecule has 2 aliphatic heterocycles. The van der Waals surface area contributed by atoms with Crippen LogP contribution in [0, 0.1) is 13.7 Å². The van der Waals surface area contributed by atoms with E-state index in [0.29, 0.717) is 10.8 Å². The highest BCUT2D eigenvalue weighted by atomic mass is 28.3. The summed E-state index contributed by atoms with van der Waals surface area (Å²) in [5.41, 5.74) is 28.7. The highest BCUT2D eigenvalue weighted by Crippen LogP contribution is 2.56. The SMILES string of the molecule is [2H]C([2H])([2H])c1ccc2c(c1)c1cc(C([2H])([2H])[2H])ccc1n2-c1ccc2c(c1)N(c1c(-c3ccccc3)cc(C(C)(C)C)cc1-c1ccccc1)c1cc(-c3cc(C(C)(C)C)cc(C(C)(C)C)c3)cc3c1B2c1ccc(-c2ccc([Si](c4ccccc4)(c4ccccc4)c4ccccc4)cc2)cc1N3c1c(-c2ccccc2)cc(C(C)(C)C)cc1-c1ccccc1. The molecule has 0 unspecified atom stereocenters. The molecule has 0 bridgehead atoms. The lowest BCUT2D eigenvalue weighted by Crippen LogP contribution is -2.74. The Bertz CT molecular complexity index is 6680. The van der Waals surface area contributed by atoms with Gasteiger partial charge in [-0.25, -0.2) is 0 Å². The third-order valence-electron chi connectivity index (χ3n) is 25.1. The summed E-state index contributed by atoms with van der Waals surface area (Å²) in [5.74, 6) is 0. The molecule has 3 heterocycles. The van der Waals surface area contributed by atoms with Gasteiger partial charge in [-0.05, 0) is 218 Å². The van der Waals surface area contributed by atoms with E-state index >= 15 is 0 Å². The first kappa shape index (κ1) is 69.3. The molecule has 0 saturated carbocycles. The maximum atomic E-state index is 8.78. The molecule has 3 nitrogen and oxygen atoms in total. The number of fused-ring (bicyclic) bond motifs is 7. The Labute approximate surface area is 714 Å². The fourth-order valence-electron chi connectivity index (χ4n) is 18.9. The fourth-order valence-corrected chi connectivity index (χ4v) is 23.6. The zero-order chi connectivity index (χ0) is 87.0. The molecule has 0 atom stereocenters. The molecule has 119 heavy (non-hydrogen) atoms. The lowest BCUT2D eigenvalue weighted by atomic mass is 9.33. The number of hydrogen-bond acceptors (Lipinski definition) is 2. The van der Waals surface area contributed by atoms with Gasteiger partial charge in [0.1, 0.15) is 0 Å². The number of anilines is 6. The maximum absolute atomic E-state index is 8.78. The van der Waals surface area contributed by atoms with Crippen LogP contribution in [0.5, 0.6) is 0 Å². The Hall–Kier alpha value is -12.8. The molecule has 0 N–H and O–H groups in total. The van der Waals surface area contributed by atoms with Gasteiger partial charge in [0.05, 0.1) is 22.4 Å². The molecule has 0 aliphatic carbocycles. The van der Waals surface area contributed by atoms with Crippen molar-refractivity contribution in [2.75, 3.05) is 9.80 Å². The van der Waals surface area contributed by atoms with Crippen LogP contribution in [0.1, 0.15) is 125 Å². The second kappa shape index (κ2) is 29.4. The number of hydrogen-bond donors (Lipinski definition) is 0. The van der Waals surface area contributed by atoms with Crippen molar-refractivity contribution in [3.63, 3.8) is 0 Å². The monoisotopic (exact) mass is 1560 g/mol. The minimum atomic E-state index is -2.96. The van der Waals surface area contributed by atoms with Crippen molar-refractivity contribution in [3.05, 3.63) is 397 Å². The van der Waals surface area contributed by atoms with Crippen molar-refractivity contribution >= 4 is 108 Å². The van der Waals surface area contributed by atoms with Crippen LogP contribution >= 0.6 is 0 Å². The van der Waals surface area contributed by atoms with E-state index < -0.39 is 28.5 Å². The summed E-state index contributed by atoms with van der Waals surface area (Å²) in [4.78, 5) is 5.32. The Morgan fingerprint density at radius 1 is 0.261 bits per heavy atom. The summed E-state index contributed by atoms with van der Waals surface area (Å²) >= 11 is 0. The second-order valence-corrected chi connectivity index (χ2v) is 40.7. The zero-order valence-corrected chi connectivity index (χ0v) is 71.1. The molecule has 0 spiro atoms. The predicted molar refractivity (Wildman–Crippen MR) is 515 cm³/mol. The van der Waals surface area contributed by atoms with Crippen LogP contribution in [0.15, 0.2) is 364 Å². The molecule has 5 heteroatoms. The number of benzene rings is 16. The van der Waals surface area contributed by atoms with Gasteiger partial charge in [0.25, 0.3) is 6.71 Å². The van der Waals surface area contributed by atoms with Crippen LogP contribution < -0.4 is 46.9 Å².